The Labute approximate surface area is 273 Å². The van der Waals surface area contributed by atoms with Crippen LogP contribution in [0.5, 0.6) is 28.7 Å². The molecule has 2 unspecified atom stereocenters. The largest absolute Gasteiger partial charge is 0.507 e. The number of imidazole rings is 1. The molecule has 47 heavy (non-hydrogen) atoms. The molecule has 8 N–H and O–H groups in total. The number of aromatic nitrogens is 2. The first-order chi connectivity index (χ1) is 22.8. The number of fused-ring (bicyclic) bond motifs is 1. The van der Waals surface area contributed by atoms with E-state index in [0.717, 1.165) is 49.0 Å². The van der Waals surface area contributed by atoms with Gasteiger partial charge in [0, 0.05) is 42.6 Å². The van der Waals surface area contributed by atoms with Gasteiger partial charge in [-0.1, -0.05) is 67.5 Å². The minimum absolute atomic E-state index is 0.145. The minimum atomic E-state index is -0.372. The first kappa shape index (κ1) is 32.0. The van der Waals surface area contributed by atoms with E-state index in [1.165, 1.54) is 18.2 Å². The van der Waals surface area contributed by atoms with Crippen molar-refractivity contribution in [2.24, 2.45) is 5.92 Å². The van der Waals surface area contributed by atoms with E-state index < -0.39 is 0 Å². The van der Waals surface area contributed by atoms with Crippen molar-refractivity contribution in [3.63, 3.8) is 0 Å². The molecule has 0 bridgehead atoms. The maximum atomic E-state index is 11.1. The average Bonchev–Trinajstić information content (AvgIpc) is 3.63. The van der Waals surface area contributed by atoms with Crippen molar-refractivity contribution >= 4 is 22.9 Å². The summed E-state index contributed by atoms with van der Waals surface area (Å²) in [6.45, 7) is 1.57. The summed E-state index contributed by atoms with van der Waals surface area (Å²) in [6.07, 6.45) is 12.4. The number of hydrogen-bond acceptors (Lipinski definition) is 8. The van der Waals surface area contributed by atoms with E-state index in [2.05, 4.69) is 39.6 Å². The number of phenols is 5. The molecular weight excluding hydrogens is 594 g/mol. The van der Waals surface area contributed by atoms with Crippen LogP contribution in [-0.4, -0.2) is 53.8 Å². The van der Waals surface area contributed by atoms with Crippen LogP contribution in [0, 0.1) is 5.92 Å². The number of rotatable bonds is 11. The number of aromatic amines is 1. The topological polar surface area (TPSA) is 162 Å². The molecule has 1 saturated carbocycles. The molecule has 1 aliphatic rings. The number of nitrogens with one attached hydrogen (secondary N) is 2. The molecule has 6 rings (SSSR count). The molecule has 1 aromatic heterocycles. The maximum absolute atomic E-state index is 11.1. The summed E-state index contributed by atoms with van der Waals surface area (Å²) in [5, 5.41) is 66.8. The molecule has 5 aromatic rings. The number of nitrogens with zero attached hydrogens (tertiary/aromatic N) is 1. The zero-order valence-electron chi connectivity index (χ0n) is 26.2. The number of aromatic hydroxyl groups is 5. The Bertz CT molecular complexity index is 1870. The van der Waals surface area contributed by atoms with E-state index in [-0.39, 0.29) is 52.1 Å². The maximum Gasteiger partial charge on any atom is 0.169 e. The van der Waals surface area contributed by atoms with Gasteiger partial charge in [0.2, 0.25) is 0 Å². The van der Waals surface area contributed by atoms with Gasteiger partial charge in [0.25, 0.3) is 0 Å². The van der Waals surface area contributed by atoms with E-state index in [0.29, 0.717) is 41.5 Å². The van der Waals surface area contributed by atoms with Crippen LogP contribution in [0.2, 0.25) is 0 Å². The SMILES string of the molecule is OCC1CCCCC1(CNCc1ccc(CCc2c(O)c(O)c3c(O)cccc3c2C=Cc2ccc(O)c(O)c2)cc1)c1cnc[nH]1. The van der Waals surface area contributed by atoms with Crippen molar-refractivity contribution in [1.82, 2.24) is 15.3 Å². The van der Waals surface area contributed by atoms with Crippen molar-refractivity contribution < 1.29 is 30.6 Å². The van der Waals surface area contributed by atoms with E-state index in [9.17, 15) is 30.6 Å². The molecule has 0 aliphatic heterocycles. The third-order valence-electron chi connectivity index (χ3n) is 9.76. The van der Waals surface area contributed by atoms with Crippen molar-refractivity contribution in [2.45, 2.75) is 50.5 Å². The molecule has 0 amide bonds. The van der Waals surface area contributed by atoms with Crippen LogP contribution >= 0.6 is 0 Å². The van der Waals surface area contributed by atoms with Gasteiger partial charge in [-0.05, 0) is 77.4 Å². The first-order valence-corrected chi connectivity index (χ1v) is 16.1. The van der Waals surface area contributed by atoms with Crippen LogP contribution in [0.1, 0.15) is 59.2 Å². The van der Waals surface area contributed by atoms with Crippen LogP contribution in [0.15, 0.2) is 73.2 Å². The van der Waals surface area contributed by atoms with Crippen molar-refractivity contribution in [2.75, 3.05) is 13.2 Å². The highest BCUT2D eigenvalue weighted by atomic mass is 16.3. The van der Waals surface area contributed by atoms with Crippen LogP contribution in [0.25, 0.3) is 22.9 Å². The number of benzene rings is 4. The summed E-state index contributed by atoms with van der Waals surface area (Å²) in [4.78, 5) is 7.57. The lowest BCUT2D eigenvalue weighted by molar-refractivity contribution is 0.0996. The van der Waals surface area contributed by atoms with Gasteiger partial charge in [-0.3, -0.25) is 0 Å². The normalized spacial score (nSPS) is 18.3. The average molecular weight is 636 g/mol. The van der Waals surface area contributed by atoms with E-state index in [1.807, 2.05) is 6.20 Å². The van der Waals surface area contributed by atoms with Crippen molar-refractivity contribution in [1.29, 1.82) is 0 Å². The predicted molar refractivity (Wildman–Crippen MR) is 183 cm³/mol. The highest BCUT2D eigenvalue weighted by molar-refractivity contribution is 6.03. The van der Waals surface area contributed by atoms with Gasteiger partial charge in [-0.25, -0.2) is 4.98 Å². The third-order valence-corrected chi connectivity index (χ3v) is 9.76. The third kappa shape index (κ3) is 6.50. The lowest BCUT2D eigenvalue weighted by atomic mass is 9.64. The summed E-state index contributed by atoms with van der Waals surface area (Å²) in [5.41, 5.74) is 4.88. The van der Waals surface area contributed by atoms with Gasteiger partial charge in [-0.2, -0.15) is 0 Å². The van der Waals surface area contributed by atoms with Crippen LogP contribution in [0.3, 0.4) is 0 Å². The Hall–Kier alpha value is -4.99. The minimum Gasteiger partial charge on any atom is -0.507 e. The van der Waals surface area contributed by atoms with Crippen LogP contribution < -0.4 is 5.32 Å². The molecule has 9 nitrogen and oxygen atoms in total. The standard InChI is InChI=1S/C38H41N3O6/c42-21-27-4-1-2-17-38(27,34-20-40-23-41-34)22-39-19-26-9-7-24(8-10-26)11-15-30-28(14-12-25-13-16-31(43)33(45)18-25)29-5-3-6-32(44)35(29)37(47)36(30)46/h3,5-10,12-14,16,18,20,23,27,39,42-47H,1-2,4,11,15,17,19,21-22H2,(H,40,41). The van der Waals surface area contributed by atoms with Crippen molar-refractivity contribution in [3.8, 4) is 28.7 Å². The number of aliphatic hydroxyl groups excluding tert-OH is 1. The second-order valence-electron chi connectivity index (χ2n) is 12.5. The zero-order valence-corrected chi connectivity index (χ0v) is 26.2. The number of hydrogen-bond donors (Lipinski definition) is 8. The molecule has 2 atom stereocenters. The van der Waals surface area contributed by atoms with Gasteiger partial charge in [-0.15, -0.1) is 0 Å². The summed E-state index contributed by atoms with van der Waals surface area (Å²) < 4.78 is 0. The fourth-order valence-electron chi connectivity index (χ4n) is 7.14. The summed E-state index contributed by atoms with van der Waals surface area (Å²) >= 11 is 0. The number of phenolic OH excluding ortho intramolecular Hbond substituents is 5. The predicted octanol–water partition coefficient (Wildman–Crippen LogP) is 6.26. The Balaban J connectivity index is 1.19. The lowest BCUT2D eigenvalue weighted by Crippen LogP contribution is -2.47. The zero-order chi connectivity index (χ0) is 33.0. The van der Waals surface area contributed by atoms with Gasteiger partial charge in [0.05, 0.1) is 11.7 Å². The van der Waals surface area contributed by atoms with Gasteiger partial charge < -0.3 is 40.9 Å². The van der Waals surface area contributed by atoms with Gasteiger partial charge in [0.15, 0.2) is 23.0 Å². The van der Waals surface area contributed by atoms with E-state index in [1.54, 1.807) is 36.7 Å². The number of aliphatic hydroxyl groups is 1. The summed E-state index contributed by atoms with van der Waals surface area (Å²) in [6, 6.07) is 17.7. The molecule has 4 aromatic carbocycles. The first-order valence-electron chi connectivity index (χ1n) is 16.1. The molecule has 1 fully saturated rings. The molecular formula is C38H41N3O6. The molecule has 1 aliphatic carbocycles. The fraction of sp³-hybridized carbons (Fsp3) is 0.289. The smallest absolute Gasteiger partial charge is 0.169 e. The Morgan fingerprint density at radius 2 is 1.66 bits per heavy atom. The second-order valence-corrected chi connectivity index (χ2v) is 12.5. The summed E-state index contributed by atoms with van der Waals surface area (Å²) in [7, 11) is 0. The van der Waals surface area contributed by atoms with Gasteiger partial charge in [0.1, 0.15) is 5.75 Å². The molecule has 0 radical (unpaired) electrons. The Morgan fingerprint density at radius 1 is 0.851 bits per heavy atom. The molecule has 0 saturated heterocycles. The number of aryl methyl sites for hydroxylation is 1. The van der Waals surface area contributed by atoms with Crippen LogP contribution in [0.4, 0.5) is 0 Å². The Morgan fingerprint density at radius 3 is 2.40 bits per heavy atom. The molecule has 0 spiro atoms. The monoisotopic (exact) mass is 635 g/mol. The fourth-order valence-corrected chi connectivity index (χ4v) is 7.14. The Kier molecular flexibility index (Phi) is 9.38. The van der Waals surface area contributed by atoms with Gasteiger partial charge >= 0.3 is 0 Å². The summed E-state index contributed by atoms with van der Waals surface area (Å²) in [5.74, 6) is -1.10. The quantitative estimate of drug-likeness (QED) is 0.0623. The highest BCUT2D eigenvalue weighted by Gasteiger charge is 2.42. The molecule has 9 heteroatoms. The van der Waals surface area contributed by atoms with Crippen molar-refractivity contribution in [3.05, 3.63) is 107 Å². The van der Waals surface area contributed by atoms with Crippen LogP contribution in [-0.2, 0) is 24.8 Å². The lowest BCUT2D eigenvalue weighted by Gasteiger charge is -2.43. The highest BCUT2D eigenvalue weighted by Crippen LogP contribution is 2.45. The number of H-pyrrole nitrogens is 1. The van der Waals surface area contributed by atoms with E-state index in [4.69, 9.17) is 0 Å². The second kappa shape index (κ2) is 13.8. The molecule has 1 heterocycles. The van der Waals surface area contributed by atoms with E-state index >= 15 is 0 Å². The molecule has 244 valence electrons.